The molecule has 0 saturated carbocycles. The molecule has 0 aliphatic heterocycles. The van der Waals surface area contributed by atoms with Gasteiger partial charge in [-0.1, -0.05) is 48.8 Å². The molecule has 0 N–H and O–H groups in total. The zero-order valence-corrected chi connectivity index (χ0v) is 14.5. The Bertz CT molecular complexity index is 615. The largest absolute Gasteiger partial charge is 0.497 e. The van der Waals surface area contributed by atoms with Crippen LogP contribution in [0.1, 0.15) is 31.9 Å². The highest BCUT2D eigenvalue weighted by molar-refractivity contribution is 9.10. The van der Waals surface area contributed by atoms with Crippen LogP contribution in [0.5, 0.6) is 11.5 Å². The molecule has 0 aliphatic carbocycles. The van der Waals surface area contributed by atoms with Gasteiger partial charge in [0.25, 0.3) is 0 Å². The molecular formula is C18H21BrO2. The van der Waals surface area contributed by atoms with Crippen molar-refractivity contribution in [3.05, 3.63) is 58.1 Å². The third-order valence-electron chi connectivity index (χ3n) is 3.35. The number of benzene rings is 2. The van der Waals surface area contributed by atoms with Crippen molar-refractivity contribution >= 4 is 15.9 Å². The lowest BCUT2D eigenvalue weighted by Gasteiger charge is -2.20. The first-order chi connectivity index (χ1) is 9.90. The summed E-state index contributed by atoms with van der Waals surface area (Å²) in [7, 11) is 1.67. The SMILES string of the molecule is COc1ccc(Br)c(COc2cccc(C(C)(C)C)c2)c1. The molecule has 0 bridgehead atoms. The van der Waals surface area contributed by atoms with Crippen LogP contribution >= 0.6 is 15.9 Å². The van der Waals surface area contributed by atoms with Gasteiger partial charge in [-0.25, -0.2) is 0 Å². The molecule has 2 aromatic rings. The lowest BCUT2D eigenvalue weighted by molar-refractivity contribution is 0.303. The zero-order chi connectivity index (χ0) is 15.5. The van der Waals surface area contributed by atoms with E-state index in [9.17, 15) is 0 Å². The van der Waals surface area contributed by atoms with Gasteiger partial charge in [-0.05, 0) is 41.3 Å². The summed E-state index contributed by atoms with van der Waals surface area (Å²) in [6, 6.07) is 14.1. The van der Waals surface area contributed by atoms with Gasteiger partial charge in [-0.3, -0.25) is 0 Å². The van der Waals surface area contributed by atoms with Gasteiger partial charge >= 0.3 is 0 Å². The van der Waals surface area contributed by atoms with Gasteiger partial charge in [0.05, 0.1) is 7.11 Å². The molecule has 0 fully saturated rings. The fourth-order valence-electron chi connectivity index (χ4n) is 2.00. The summed E-state index contributed by atoms with van der Waals surface area (Å²) in [5.41, 5.74) is 2.45. The maximum Gasteiger partial charge on any atom is 0.120 e. The highest BCUT2D eigenvalue weighted by atomic mass is 79.9. The first-order valence-electron chi connectivity index (χ1n) is 6.96. The number of rotatable bonds is 4. The quantitative estimate of drug-likeness (QED) is 0.742. The highest BCUT2D eigenvalue weighted by Gasteiger charge is 2.14. The molecular weight excluding hydrogens is 328 g/mol. The van der Waals surface area contributed by atoms with E-state index in [0.717, 1.165) is 21.5 Å². The van der Waals surface area contributed by atoms with E-state index in [2.05, 4.69) is 48.8 Å². The number of hydrogen-bond acceptors (Lipinski definition) is 2. The topological polar surface area (TPSA) is 18.5 Å². The molecule has 0 atom stereocenters. The van der Waals surface area contributed by atoms with Gasteiger partial charge in [0.15, 0.2) is 0 Å². The Hall–Kier alpha value is -1.48. The molecule has 112 valence electrons. The van der Waals surface area contributed by atoms with Crippen molar-refractivity contribution in [2.75, 3.05) is 7.11 Å². The van der Waals surface area contributed by atoms with Gasteiger partial charge in [0.1, 0.15) is 18.1 Å². The summed E-state index contributed by atoms with van der Waals surface area (Å²) in [4.78, 5) is 0. The first kappa shape index (κ1) is 15.9. The molecule has 0 aliphatic rings. The maximum absolute atomic E-state index is 5.92. The van der Waals surface area contributed by atoms with Crippen LogP contribution in [-0.2, 0) is 12.0 Å². The molecule has 0 saturated heterocycles. The zero-order valence-electron chi connectivity index (χ0n) is 12.9. The normalized spacial score (nSPS) is 11.3. The van der Waals surface area contributed by atoms with Crippen LogP contribution < -0.4 is 9.47 Å². The molecule has 2 nitrogen and oxygen atoms in total. The van der Waals surface area contributed by atoms with Crippen LogP contribution in [0.25, 0.3) is 0 Å². The van der Waals surface area contributed by atoms with Crippen molar-refractivity contribution in [3.63, 3.8) is 0 Å². The molecule has 0 heterocycles. The van der Waals surface area contributed by atoms with Gasteiger partial charge in [-0.15, -0.1) is 0 Å². The van der Waals surface area contributed by atoms with Crippen molar-refractivity contribution in [3.8, 4) is 11.5 Å². The molecule has 21 heavy (non-hydrogen) atoms. The molecule has 2 rings (SSSR count). The van der Waals surface area contributed by atoms with E-state index in [4.69, 9.17) is 9.47 Å². The van der Waals surface area contributed by atoms with E-state index < -0.39 is 0 Å². The minimum atomic E-state index is 0.121. The molecule has 0 aromatic heterocycles. The van der Waals surface area contributed by atoms with Crippen molar-refractivity contribution in [2.45, 2.75) is 32.8 Å². The fraction of sp³-hybridized carbons (Fsp3) is 0.333. The average Bonchev–Trinajstić information content (AvgIpc) is 2.46. The third-order valence-corrected chi connectivity index (χ3v) is 4.12. The molecule has 0 radical (unpaired) electrons. The van der Waals surface area contributed by atoms with Crippen molar-refractivity contribution in [2.24, 2.45) is 0 Å². The number of halogens is 1. The molecule has 0 spiro atoms. The summed E-state index contributed by atoms with van der Waals surface area (Å²) in [6.07, 6.45) is 0. The van der Waals surface area contributed by atoms with Crippen LogP contribution in [-0.4, -0.2) is 7.11 Å². The van der Waals surface area contributed by atoms with E-state index in [1.54, 1.807) is 7.11 Å². The smallest absolute Gasteiger partial charge is 0.120 e. The van der Waals surface area contributed by atoms with Crippen LogP contribution in [0.3, 0.4) is 0 Å². The van der Waals surface area contributed by atoms with Gasteiger partial charge < -0.3 is 9.47 Å². The maximum atomic E-state index is 5.92. The van der Waals surface area contributed by atoms with Gasteiger partial charge in [0.2, 0.25) is 0 Å². The lowest BCUT2D eigenvalue weighted by Crippen LogP contribution is -2.11. The minimum absolute atomic E-state index is 0.121. The van der Waals surface area contributed by atoms with Crippen LogP contribution in [0.2, 0.25) is 0 Å². The predicted molar refractivity (Wildman–Crippen MR) is 90.2 cm³/mol. The van der Waals surface area contributed by atoms with E-state index >= 15 is 0 Å². The molecule has 0 unspecified atom stereocenters. The Labute approximate surface area is 135 Å². The Balaban J connectivity index is 2.13. The lowest BCUT2D eigenvalue weighted by atomic mass is 9.87. The highest BCUT2D eigenvalue weighted by Crippen LogP contribution is 2.27. The van der Waals surface area contributed by atoms with E-state index in [-0.39, 0.29) is 5.41 Å². The summed E-state index contributed by atoms with van der Waals surface area (Å²) in [5.74, 6) is 1.72. The summed E-state index contributed by atoms with van der Waals surface area (Å²) >= 11 is 3.54. The monoisotopic (exact) mass is 348 g/mol. The van der Waals surface area contributed by atoms with Crippen molar-refractivity contribution in [1.29, 1.82) is 0 Å². The second-order valence-electron chi connectivity index (χ2n) is 6.02. The fourth-order valence-corrected chi connectivity index (χ4v) is 2.36. The number of methoxy groups -OCH3 is 1. The van der Waals surface area contributed by atoms with Gasteiger partial charge in [0, 0.05) is 10.0 Å². The summed E-state index contributed by atoms with van der Waals surface area (Å²) < 4.78 is 12.2. The molecule has 3 heteroatoms. The van der Waals surface area contributed by atoms with Crippen LogP contribution in [0.4, 0.5) is 0 Å². The standard InChI is InChI=1S/C18H21BrO2/c1-18(2,3)14-6-5-7-16(11-14)21-12-13-10-15(20-4)8-9-17(13)19/h5-11H,12H2,1-4H3. The second kappa shape index (κ2) is 6.52. The molecule has 0 amide bonds. The van der Waals surface area contributed by atoms with E-state index in [1.807, 2.05) is 30.3 Å². The molecule has 2 aromatic carbocycles. The van der Waals surface area contributed by atoms with E-state index in [1.165, 1.54) is 5.56 Å². The Morgan fingerprint density at radius 3 is 2.43 bits per heavy atom. The minimum Gasteiger partial charge on any atom is -0.497 e. The number of ether oxygens (including phenoxy) is 2. The number of hydrogen-bond donors (Lipinski definition) is 0. The average molecular weight is 349 g/mol. The van der Waals surface area contributed by atoms with Crippen LogP contribution in [0.15, 0.2) is 46.9 Å². The Kier molecular flexibility index (Phi) is 4.94. The summed E-state index contributed by atoms with van der Waals surface area (Å²) in [6.45, 7) is 7.10. The first-order valence-corrected chi connectivity index (χ1v) is 7.75. The predicted octanol–water partition coefficient (Wildman–Crippen LogP) is 5.33. The van der Waals surface area contributed by atoms with E-state index in [0.29, 0.717) is 6.61 Å². The Morgan fingerprint density at radius 1 is 1.00 bits per heavy atom. The second-order valence-corrected chi connectivity index (χ2v) is 6.88. The van der Waals surface area contributed by atoms with Gasteiger partial charge in [-0.2, -0.15) is 0 Å². The summed E-state index contributed by atoms with van der Waals surface area (Å²) in [5, 5.41) is 0. The Morgan fingerprint density at radius 2 is 1.76 bits per heavy atom. The van der Waals surface area contributed by atoms with Crippen LogP contribution in [0, 0.1) is 0 Å². The van der Waals surface area contributed by atoms with Crippen molar-refractivity contribution in [1.82, 2.24) is 0 Å². The third kappa shape index (κ3) is 4.24. The van der Waals surface area contributed by atoms with Crippen molar-refractivity contribution < 1.29 is 9.47 Å².